The second-order valence-electron chi connectivity index (χ2n) is 5.86. The van der Waals surface area contributed by atoms with Gasteiger partial charge in [0, 0.05) is 24.1 Å². The number of amides is 1. The predicted molar refractivity (Wildman–Crippen MR) is 93.3 cm³/mol. The predicted octanol–water partition coefficient (Wildman–Crippen LogP) is 2.13. The molecule has 0 aliphatic carbocycles. The number of aromatic nitrogens is 1. The minimum Gasteiger partial charge on any atom is -0.504 e. The number of hydrogen-bond donors (Lipinski definition) is 3. The van der Waals surface area contributed by atoms with Crippen molar-refractivity contribution in [2.75, 3.05) is 18.9 Å². The molecule has 2 aromatic rings. The highest BCUT2D eigenvalue weighted by molar-refractivity contribution is 5.81. The first kappa shape index (κ1) is 17.4. The molecule has 1 amide bonds. The first-order chi connectivity index (χ1) is 12.5. The number of benzene rings is 1. The molecule has 2 heterocycles. The Balaban J connectivity index is 2.17. The first-order valence-electron chi connectivity index (χ1n) is 8.11. The molecule has 8 nitrogen and oxygen atoms in total. The molecule has 134 valence electrons. The zero-order chi connectivity index (χ0) is 18.8. The lowest BCUT2D eigenvalue weighted by Crippen LogP contribution is -2.37. The second-order valence-corrected chi connectivity index (χ2v) is 5.86. The van der Waals surface area contributed by atoms with Crippen LogP contribution in [0.5, 0.6) is 11.5 Å². The summed E-state index contributed by atoms with van der Waals surface area (Å²) in [6.45, 7) is 2.65. The lowest BCUT2D eigenvalue weighted by atomic mass is 9.91. The number of carbonyl (C=O) groups excluding carboxylic acids is 1. The van der Waals surface area contributed by atoms with Gasteiger partial charge in [0.05, 0.1) is 18.8 Å². The summed E-state index contributed by atoms with van der Waals surface area (Å²) in [5.74, 6) is -0.483. The fourth-order valence-electron chi connectivity index (χ4n) is 3.06. The molecule has 1 aromatic heterocycles. The Kier molecular flexibility index (Phi) is 4.54. The highest BCUT2D eigenvalue weighted by atomic mass is 16.6. The maximum Gasteiger partial charge on any atom is 0.410 e. The van der Waals surface area contributed by atoms with Crippen molar-refractivity contribution in [2.24, 2.45) is 0 Å². The Morgan fingerprint density at radius 1 is 1.42 bits per heavy atom. The van der Waals surface area contributed by atoms with E-state index in [0.29, 0.717) is 35.3 Å². The minimum atomic E-state index is -0.437. The van der Waals surface area contributed by atoms with E-state index < -0.39 is 6.09 Å². The quantitative estimate of drug-likeness (QED) is 0.704. The Hall–Kier alpha value is -3.47. The number of pyridine rings is 1. The van der Waals surface area contributed by atoms with Gasteiger partial charge in [-0.1, -0.05) is 6.07 Å². The number of phenols is 2. The van der Waals surface area contributed by atoms with Gasteiger partial charge in [-0.25, -0.2) is 9.78 Å². The lowest BCUT2D eigenvalue weighted by Gasteiger charge is -2.29. The fourth-order valence-corrected chi connectivity index (χ4v) is 3.06. The summed E-state index contributed by atoms with van der Waals surface area (Å²) in [5, 5.41) is 29.0. The maximum atomic E-state index is 12.1. The third-order valence-electron chi connectivity index (χ3n) is 4.28. The van der Waals surface area contributed by atoms with Crippen molar-refractivity contribution in [3.8, 4) is 28.7 Å². The van der Waals surface area contributed by atoms with Crippen LogP contribution in [0.4, 0.5) is 10.6 Å². The molecule has 0 unspecified atom stereocenters. The Bertz CT molecular complexity index is 920. The van der Waals surface area contributed by atoms with E-state index in [-0.39, 0.29) is 36.0 Å². The number of anilines is 1. The number of fused-ring (bicyclic) bond motifs is 1. The number of carbonyl (C=O) groups is 1. The zero-order valence-corrected chi connectivity index (χ0v) is 14.2. The number of aromatic hydroxyl groups is 2. The third kappa shape index (κ3) is 2.95. The average Bonchev–Trinajstić information content (AvgIpc) is 2.62. The molecular weight excluding hydrogens is 336 g/mol. The number of phenolic OH excluding ortho intramolecular Hbond substituents is 2. The molecule has 0 saturated heterocycles. The van der Waals surface area contributed by atoms with Crippen LogP contribution in [0.3, 0.4) is 0 Å². The number of ether oxygens (including phenoxy) is 1. The van der Waals surface area contributed by atoms with E-state index in [1.54, 1.807) is 13.0 Å². The number of hydrogen-bond acceptors (Lipinski definition) is 7. The highest BCUT2D eigenvalue weighted by Gasteiger charge is 2.28. The van der Waals surface area contributed by atoms with Gasteiger partial charge in [-0.15, -0.1) is 0 Å². The molecule has 0 bridgehead atoms. The van der Waals surface area contributed by atoms with Crippen LogP contribution in [0.25, 0.3) is 11.1 Å². The van der Waals surface area contributed by atoms with Gasteiger partial charge in [0.2, 0.25) is 0 Å². The Labute approximate surface area is 150 Å². The Morgan fingerprint density at radius 2 is 2.19 bits per heavy atom. The molecule has 1 aliphatic heterocycles. The van der Waals surface area contributed by atoms with E-state index >= 15 is 0 Å². The van der Waals surface area contributed by atoms with Crippen LogP contribution in [0, 0.1) is 11.3 Å². The van der Waals surface area contributed by atoms with Crippen LogP contribution in [0.2, 0.25) is 0 Å². The molecule has 0 atom stereocenters. The van der Waals surface area contributed by atoms with Crippen LogP contribution in [0.15, 0.2) is 18.2 Å². The number of nitrogens with two attached hydrogens (primary N) is 1. The summed E-state index contributed by atoms with van der Waals surface area (Å²) >= 11 is 0. The van der Waals surface area contributed by atoms with Crippen molar-refractivity contribution in [1.82, 2.24) is 9.88 Å². The minimum absolute atomic E-state index is 0.0957. The molecular formula is C18H18N4O4. The number of nitrogen functional groups attached to an aromatic ring is 1. The summed E-state index contributed by atoms with van der Waals surface area (Å²) in [5.41, 5.74) is 8.51. The monoisotopic (exact) mass is 354 g/mol. The third-order valence-corrected chi connectivity index (χ3v) is 4.28. The van der Waals surface area contributed by atoms with Crippen molar-refractivity contribution in [1.29, 1.82) is 5.26 Å². The molecule has 26 heavy (non-hydrogen) atoms. The van der Waals surface area contributed by atoms with Crippen LogP contribution in [-0.4, -0.2) is 39.3 Å². The topological polar surface area (TPSA) is 133 Å². The molecule has 0 fully saturated rings. The van der Waals surface area contributed by atoms with Crippen molar-refractivity contribution >= 4 is 11.9 Å². The van der Waals surface area contributed by atoms with Crippen LogP contribution in [-0.2, 0) is 17.7 Å². The summed E-state index contributed by atoms with van der Waals surface area (Å²) in [7, 11) is 0. The standard InChI is InChI=1S/C18H18N4O4/c1-2-26-18(25)22-6-5-13-12(9-22)16(11(8-19)17(20)21-13)10-3-4-14(23)15(24)7-10/h3-4,7,23-24H,2,5-6,9H2,1H3,(H2,20,21). The molecule has 0 radical (unpaired) electrons. The van der Waals surface area contributed by atoms with E-state index in [2.05, 4.69) is 4.98 Å². The van der Waals surface area contributed by atoms with Gasteiger partial charge >= 0.3 is 6.09 Å². The van der Waals surface area contributed by atoms with E-state index in [1.807, 2.05) is 6.07 Å². The molecule has 1 aromatic carbocycles. The van der Waals surface area contributed by atoms with Crippen molar-refractivity contribution in [3.05, 3.63) is 35.0 Å². The number of nitriles is 1. The number of nitrogens with zero attached hydrogens (tertiary/aromatic N) is 3. The average molecular weight is 354 g/mol. The van der Waals surface area contributed by atoms with Gasteiger partial charge in [-0.05, 0) is 24.6 Å². The van der Waals surface area contributed by atoms with Crippen molar-refractivity contribution in [3.63, 3.8) is 0 Å². The van der Waals surface area contributed by atoms with Crippen molar-refractivity contribution < 1.29 is 19.7 Å². The van der Waals surface area contributed by atoms with Gasteiger partial charge < -0.3 is 25.6 Å². The highest BCUT2D eigenvalue weighted by Crippen LogP contribution is 2.38. The van der Waals surface area contributed by atoms with E-state index in [1.165, 1.54) is 17.0 Å². The zero-order valence-electron chi connectivity index (χ0n) is 14.2. The van der Waals surface area contributed by atoms with Gasteiger partial charge in [-0.3, -0.25) is 0 Å². The van der Waals surface area contributed by atoms with Crippen LogP contribution < -0.4 is 5.73 Å². The van der Waals surface area contributed by atoms with Gasteiger partial charge in [-0.2, -0.15) is 5.26 Å². The molecule has 3 rings (SSSR count). The summed E-state index contributed by atoms with van der Waals surface area (Å²) in [6, 6.07) is 6.32. The molecule has 0 saturated carbocycles. The van der Waals surface area contributed by atoms with Crippen molar-refractivity contribution in [2.45, 2.75) is 19.9 Å². The first-order valence-corrected chi connectivity index (χ1v) is 8.11. The van der Waals surface area contributed by atoms with Gasteiger partial charge in [0.15, 0.2) is 11.5 Å². The van der Waals surface area contributed by atoms with Gasteiger partial charge in [0.25, 0.3) is 0 Å². The van der Waals surface area contributed by atoms with Crippen LogP contribution in [0.1, 0.15) is 23.7 Å². The molecule has 1 aliphatic rings. The molecule has 0 spiro atoms. The van der Waals surface area contributed by atoms with E-state index in [9.17, 15) is 20.3 Å². The molecule has 4 N–H and O–H groups in total. The van der Waals surface area contributed by atoms with Crippen LogP contribution >= 0.6 is 0 Å². The summed E-state index contributed by atoms with van der Waals surface area (Å²) < 4.78 is 5.06. The number of rotatable bonds is 2. The summed E-state index contributed by atoms with van der Waals surface area (Å²) in [6.07, 6.45) is 0.0363. The maximum absolute atomic E-state index is 12.1. The SMILES string of the molecule is CCOC(=O)N1CCc2nc(N)c(C#N)c(-c3ccc(O)c(O)c3)c2C1. The van der Waals surface area contributed by atoms with E-state index in [4.69, 9.17) is 10.5 Å². The largest absolute Gasteiger partial charge is 0.504 e. The van der Waals surface area contributed by atoms with Gasteiger partial charge in [0.1, 0.15) is 17.5 Å². The normalized spacial score (nSPS) is 13.0. The fraction of sp³-hybridized carbons (Fsp3) is 0.278. The smallest absolute Gasteiger partial charge is 0.410 e. The second kappa shape index (κ2) is 6.80. The Morgan fingerprint density at radius 3 is 2.85 bits per heavy atom. The molecule has 8 heteroatoms. The lowest BCUT2D eigenvalue weighted by molar-refractivity contribution is 0.102. The van der Waals surface area contributed by atoms with E-state index in [0.717, 1.165) is 0 Å². The summed E-state index contributed by atoms with van der Waals surface area (Å²) in [4.78, 5) is 17.9.